The zero-order chi connectivity index (χ0) is 15.4. The average Bonchev–Trinajstić information content (AvgIpc) is 2.58. The molecule has 1 aromatic rings. The van der Waals surface area contributed by atoms with Gasteiger partial charge in [0.2, 0.25) is 0 Å². The average molecular weight is 276 g/mol. The van der Waals surface area contributed by atoms with Gasteiger partial charge in [0.05, 0.1) is 7.11 Å². The van der Waals surface area contributed by atoms with Gasteiger partial charge >= 0.3 is 0 Å². The van der Waals surface area contributed by atoms with Crippen molar-refractivity contribution in [2.75, 3.05) is 7.11 Å². The Morgan fingerprint density at radius 3 is 2.25 bits per heavy atom. The highest BCUT2D eigenvalue weighted by Crippen LogP contribution is 2.34. The summed E-state index contributed by atoms with van der Waals surface area (Å²) in [7, 11) is 1.71. The number of rotatable bonds is 3. The van der Waals surface area contributed by atoms with Crippen LogP contribution in [0.3, 0.4) is 0 Å². The van der Waals surface area contributed by atoms with Gasteiger partial charge in [0.1, 0.15) is 12.5 Å². The van der Waals surface area contributed by atoms with Crippen molar-refractivity contribution in [1.82, 2.24) is 0 Å². The van der Waals surface area contributed by atoms with Gasteiger partial charge in [-0.2, -0.15) is 0 Å². The molecule has 0 saturated heterocycles. The second-order valence-electron chi connectivity index (χ2n) is 4.54. The van der Waals surface area contributed by atoms with Crippen LogP contribution in [0.4, 0.5) is 0 Å². The first-order chi connectivity index (χ1) is 9.85. The summed E-state index contributed by atoms with van der Waals surface area (Å²) in [6.07, 6.45) is 8.71. The monoisotopic (exact) mass is 276 g/mol. The van der Waals surface area contributed by atoms with Gasteiger partial charge in [-0.05, 0) is 36.5 Å². The first kappa shape index (κ1) is 18.4. The molecule has 2 rings (SSSR count). The maximum Gasteiger partial charge on any atom is 0.126 e. The van der Waals surface area contributed by atoms with E-state index in [2.05, 4.69) is 24.8 Å². The maximum atomic E-state index is 8.00. The fourth-order valence-corrected chi connectivity index (χ4v) is 2.60. The van der Waals surface area contributed by atoms with Crippen LogP contribution >= 0.6 is 0 Å². The number of carbonyl (C=O) groups is 1. The molecule has 1 aliphatic rings. The summed E-state index contributed by atoms with van der Waals surface area (Å²) in [6.45, 7) is 9.85. The predicted octanol–water partition coefficient (Wildman–Crippen LogP) is 5.23. The molecule has 1 fully saturated rings. The molecule has 0 aliphatic heterocycles. The Hall–Kier alpha value is -1.57. The standard InChI is InChI=1S/C15H20O.C2H6.CH2O/c1-3-12-11-14(9-10-15(12)16-2)13-7-5-4-6-8-13;2*1-2/h3,9-11,13H,1,4-8H2,2H3;1-2H3;1H2. The van der Waals surface area contributed by atoms with Gasteiger partial charge in [0.15, 0.2) is 0 Å². The van der Waals surface area contributed by atoms with Crippen molar-refractivity contribution < 1.29 is 9.53 Å². The van der Waals surface area contributed by atoms with Gasteiger partial charge in [-0.3, -0.25) is 0 Å². The van der Waals surface area contributed by atoms with Crippen LogP contribution in [0.1, 0.15) is 63.0 Å². The van der Waals surface area contributed by atoms with Crippen LogP contribution < -0.4 is 4.74 Å². The molecule has 1 aromatic carbocycles. The third-order valence-electron chi connectivity index (χ3n) is 3.55. The third-order valence-corrected chi connectivity index (χ3v) is 3.55. The fourth-order valence-electron chi connectivity index (χ4n) is 2.60. The SMILES string of the molecule is C=Cc1cc(C2CCCCC2)ccc1OC.C=O.CC. The number of carbonyl (C=O) groups excluding carboxylic acids is 1. The lowest BCUT2D eigenvalue weighted by Gasteiger charge is -2.22. The first-order valence-corrected chi connectivity index (χ1v) is 7.44. The number of ether oxygens (including phenoxy) is 1. The summed E-state index contributed by atoms with van der Waals surface area (Å²) < 4.78 is 5.31. The van der Waals surface area contributed by atoms with Crippen molar-refractivity contribution >= 4 is 12.9 Å². The third kappa shape index (κ3) is 5.20. The van der Waals surface area contributed by atoms with E-state index in [1.807, 2.05) is 26.7 Å². The Labute approximate surface area is 123 Å². The highest BCUT2D eigenvalue weighted by Gasteiger charge is 2.16. The second kappa shape index (κ2) is 11.3. The van der Waals surface area contributed by atoms with E-state index in [0.29, 0.717) is 0 Å². The van der Waals surface area contributed by atoms with Gasteiger partial charge in [-0.1, -0.05) is 51.8 Å². The molecule has 0 aromatic heterocycles. The van der Waals surface area contributed by atoms with Crippen LogP contribution in [0.5, 0.6) is 5.75 Å². The van der Waals surface area contributed by atoms with Crippen LogP contribution in [-0.4, -0.2) is 13.9 Å². The summed E-state index contributed by atoms with van der Waals surface area (Å²) in [5.41, 5.74) is 2.57. The quantitative estimate of drug-likeness (QED) is 0.756. The molecule has 1 saturated carbocycles. The summed E-state index contributed by atoms with van der Waals surface area (Å²) in [6, 6.07) is 6.52. The van der Waals surface area contributed by atoms with E-state index in [0.717, 1.165) is 17.2 Å². The summed E-state index contributed by atoms with van der Waals surface area (Å²) in [5.74, 6) is 1.67. The Balaban J connectivity index is 0.000000829. The van der Waals surface area contributed by atoms with Crippen molar-refractivity contribution in [2.24, 2.45) is 0 Å². The van der Waals surface area contributed by atoms with Crippen molar-refractivity contribution in [3.8, 4) is 5.75 Å². The fraction of sp³-hybridized carbons (Fsp3) is 0.500. The molecule has 20 heavy (non-hydrogen) atoms. The van der Waals surface area contributed by atoms with E-state index in [1.165, 1.54) is 37.7 Å². The first-order valence-electron chi connectivity index (χ1n) is 7.44. The van der Waals surface area contributed by atoms with Gasteiger partial charge in [0, 0.05) is 5.56 Å². The molecular weight excluding hydrogens is 248 g/mol. The van der Waals surface area contributed by atoms with Crippen molar-refractivity contribution in [1.29, 1.82) is 0 Å². The minimum atomic E-state index is 0.748. The van der Waals surface area contributed by atoms with E-state index in [1.54, 1.807) is 7.11 Å². The van der Waals surface area contributed by atoms with Gasteiger partial charge in [0.25, 0.3) is 0 Å². The lowest BCUT2D eigenvalue weighted by Crippen LogP contribution is -2.04. The van der Waals surface area contributed by atoms with Gasteiger partial charge in [-0.25, -0.2) is 0 Å². The van der Waals surface area contributed by atoms with Crippen LogP contribution in [-0.2, 0) is 4.79 Å². The van der Waals surface area contributed by atoms with E-state index in [9.17, 15) is 0 Å². The molecule has 0 amide bonds. The van der Waals surface area contributed by atoms with E-state index in [4.69, 9.17) is 9.53 Å². The Morgan fingerprint density at radius 1 is 1.15 bits per heavy atom. The van der Waals surface area contributed by atoms with Gasteiger partial charge < -0.3 is 9.53 Å². The van der Waals surface area contributed by atoms with E-state index < -0.39 is 0 Å². The van der Waals surface area contributed by atoms with Crippen LogP contribution in [0.25, 0.3) is 6.08 Å². The lowest BCUT2D eigenvalue weighted by molar-refractivity contribution is -0.0979. The molecular formula is C18H28O2. The normalized spacial score (nSPS) is 14.2. The zero-order valence-electron chi connectivity index (χ0n) is 13.2. The molecule has 0 unspecified atom stereocenters. The Bertz CT molecular complexity index is 379. The number of methoxy groups -OCH3 is 1. The molecule has 1 aliphatic carbocycles. The number of benzene rings is 1. The van der Waals surface area contributed by atoms with E-state index >= 15 is 0 Å². The zero-order valence-corrected chi connectivity index (χ0v) is 13.2. The molecule has 2 nitrogen and oxygen atoms in total. The Kier molecular flexibility index (Phi) is 10.4. The molecule has 0 spiro atoms. The molecule has 0 bridgehead atoms. The maximum absolute atomic E-state index is 8.00. The summed E-state index contributed by atoms with van der Waals surface area (Å²) in [4.78, 5) is 8.00. The highest BCUT2D eigenvalue weighted by atomic mass is 16.5. The molecule has 0 radical (unpaired) electrons. The molecule has 112 valence electrons. The Morgan fingerprint density at radius 2 is 1.75 bits per heavy atom. The lowest BCUT2D eigenvalue weighted by atomic mass is 9.83. The van der Waals surface area contributed by atoms with Crippen molar-refractivity contribution in [3.63, 3.8) is 0 Å². The second-order valence-corrected chi connectivity index (χ2v) is 4.54. The van der Waals surface area contributed by atoms with Crippen molar-refractivity contribution in [2.45, 2.75) is 51.9 Å². The minimum absolute atomic E-state index is 0.748. The summed E-state index contributed by atoms with van der Waals surface area (Å²) in [5, 5.41) is 0. The van der Waals surface area contributed by atoms with E-state index in [-0.39, 0.29) is 0 Å². The van der Waals surface area contributed by atoms with Crippen LogP contribution in [0.2, 0.25) is 0 Å². The smallest absolute Gasteiger partial charge is 0.126 e. The molecule has 0 atom stereocenters. The number of hydrogen-bond acceptors (Lipinski definition) is 2. The van der Waals surface area contributed by atoms with Gasteiger partial charge in [-0.15, -0.1) is 0 Å². The summed E-state index contributed by atoms with van der Waals surface area (Å²) >= 11 is 0. The molecule has 2 heteroatoms. The minimum Gasteiger partial charge on any atom is -0.496 e. The topological polar surface area (TPSA) is 26.3 Å². The molecule has 0 N–H and O–H groups in total. The van der Waals surface area contributed by atoms with Crippen LogP contribution in [0, 0.1) is 0 Å². The van der Waals surface area contributed by atoms with Crippen LogP contribution in [0.15, 0.2) is 24.8 Å². The predicted molar refractivity (Wildman–Crippen MR) is 87.4 cm³/mol. The largest absolute Gasteiger partial charge is 0.496 e. The molecule has 0 heterocycles. The van der Waals surface area contributed by atoms with Crippen molar-refractivity contribution in [3.05, 3.63) is 35.9 Å². The highest BCUT2D eigenvalue weighted by molar-refractivity contribution is 5.57. The number of hydrogen-bond donors (Lipinski definition) is 0.